The van der Waals surface area contributed by atoms with Gasteiger partial charge in [-0.1, -0.05) is 64.0 Å². The zero-order chi connectivity index (χ0) is 28.1. The van der Waals surface area contributed by atoms with Crippen LogP contribution in [0, 0.1) is 11.3 Å². The van der Waals surface area contributed by atoms with E-state index in [1.54, 1.807) is 13.3 Å². The number of ether oxygens (including phenoxy) is 1. The van der Waals surface area contributed by atoms with E-state index in [-0.39, 0.29) is 5.41 Å². The van der Waals surface area contributed by atoms with Crippen LogP contribution in [0.2, 0.25) is 0 Å². The minimum Gasteiger partial charge on any atom is -0.385 e. The Morgan fingerprint density at radius 2 is 1.92 bits per heavy atom. The van der Waals surface area contributed by atoms with Crippen LogP contribution in [0.1, 0.15) is 83.8 Å². The molecule has 0 aromatic heterocycles. The zero-order valence-corrected chi connectivity index (χ0v) is 25.1. The molecule has 38 heavy (non-hydrogen) atoms. The fraction of sp³-hybridized carbons (Fsp3) is 0.606. The van der Waals surface area contributed by atoms with Crippen molar-refractivity contribution >= 4 is 18.6 Å². The van der Waals surface area contributed by atoms with E-state index >= 15 is 0 Å². The number of aliphatic imine (C=N–C) groups is 3. The topological polar surface area (TPSA) is 58.3 Å². The minimum atomic E-state index is -0.00323. The predicted octanol–water partition coefficient (Wildman–Crippen LogP) is 7.66. The number of nitrogens with one attached hydrogen (secondary N) is 1. The van der Waals surface area contributed by atoms with E-state index in [4.69, 9.17) is 9.73 Å². The molecule has 0 bridgehead atoms. The third kappa shape index (κ3) is 14.0. The number of aryl methyl sites for hydroxylation is 1. The third-order valence-corrected chi connectivity index (χ3v) is 6.95. The summed E-state index contributed by atoms with van der Waals surface area (Å²) in [7, 11) is 3.81. The standard InChI is InChI=1S/C33H54N4O/c1-8-16-29-19-10-11-20-30(29)24-28(25-34-5)18-12-14-22-36-26-31(35-6)27-37-32(17-9-2)33(3,4)21-13-15-23-38-7/h9-11,17,19-20,22,26,28,34H,6,8,12-16,18,21,23-25,27H2,1-5,7H3/b17-9+,31-26-,36-22-,37-32+. The maximum atomic E-state index is 5.19. The van der Waals surface area contributed by atoms with E-state index < -0.39 is 0 Å². The van der Waals surface area contributed by atoms with Gasteiger partial charge in [0.05, 0.1) is 12.2 Å². The molecule has 0 aliphatic rings. The molecule has 0 aliphatic carbocycles. The Balaban J connectivity index is 2.65. The molecule has 1 aromatic rings. The molecular weight excluding hydrogens is 468 g/mol. The highest BCUT2D eigenvalue weighted by atomic mass is 16.5. The number of nitrogens with zero attached hydrogens (tertiary/aromatic N) is 3. The van der Waals surface area contributed by atoms with E-state index in [2.05, 4.69) is 79.2 Å². The summed E-state index contributed by atoms with van der Waals surface area (Å²) in [6.07, 6.45) is 18.0. The van der Waals surface area contributed by atoms with Crippen LogP contribution in [-0.2, 0) is 17.6 Å². The SMILES string of the molecule is C=N/C(=C\N=C/CCCC(CNC)Cc1ccccc1CCC)C/N=C(\C=C\C)C(C)(C)CCCCOC. The summed E-state index contributed by atoms with van der Waals surface area (Å²) in [5, 5.41) is 3.39. The highest BCUT2D eigenvalue weighted by Crippen LogP contribution is 2.27. The van der Waals surface area contributed by atoms with Crippen LogP contribution in [0.15, 0.2) is 63.3 Å². The molecule has 1 atom stereocenters. The average Bonchev–Trinajstić information content (AvgIpc) is 2.90. The molecule has 0 heterocycles. The lowest BCUT2D eigenvalue weighted by Gasteiger charge is -2.25. The third-order valence-electron chi connectivity index (χ3n) is 6.95. The van der Waals surface area contributed by atoms with Gasteiger partial charge in [0.25, 0.3) is 0 Å². The summed E-state index contributed by atoms with van der Waals surface area (Å²) in [6, 6.07) is 8.92. The van der Waals surface area contributed by atoms with Crippen LogP contribution in [0.5, 0.6) is 0 Å². The Labute approximate surface area is 233 Å². The Morgan fingerprint density at radius 3 is 2.58 bits per heavy atom. The van der Waals surface area contributed by atoms with Crippen LogP contribution in [0.3, 0.4) is 0 Å². The molecule has 5 heteroatoms. The molecule has 0 aliphatic heterocycles. The Kier molecular flexibility index (Phi) is 18.2. The minimum absolute atomic E-state index is 0.00323. The monoisotopic (exact) mass is 522 g/mol. The second kappa shape index (κ2) is 20.6. The van der Waals surface area contributed by atoms with Gasteiger partial charge in [-0.25, -0.2) is 0 Å². The molecule has 5 nitrogen and oxygen atoms in total. The number of benzene rings is 1. The molecule has 0 saturated heterocycles. The fourth-order valence-electron chi connectivity index (χ4n) is 4.75. The second-order valence-electron chi connectivity index (χ2n) is 10.7. The van der Waals surface area contributed by atoms with Crippen molar-refractivity contribution in [1.82, 2.24) is 5.32 Å². The number of hydrogen-bond acceptors (Lipinski definition) is 5. The van der Waals surface area contributed by atoms with E-state index in [1.165, 1.54) is 24.0 Å². The lowest BCUT2D eigenvalue weighted by molar-refractivity contribution is 0.189. The Morgan fingerprint density at radius 1 is 1.16 bits per heavy atom. The van der Waals surface area contributed by atoms with Gasteiger partial charge in [-0.05, 0) is 95.3 Å². The van der Waals surface area contributed by atoms with Gasteiger partial charge in [-0.15, -0.1) is 0 Å². The van der Waals surface area contributed by atoms with Gasteiger partial charge in [0.2, 0.25) is 0 Å². The van der Waals surface area contributed by atoms with Crippen molar-refractivity contribution in [3.8, 4) is 0 Å². The van der Waals surface area contributed by atoms with E-state index in [9.17, 15) is 0 Å². The molecule has 1 N–H and O–H groups in total. The molecule has 0 fully saturated rings. The molecule has 1 unspecified atom stereocenters. The molecule has 0 spiro atoms. The van der Waals surface area contributed by atoms with Gasteiger partial charge < -0.3 is 10.1 Å². The normalized spacial score (nSPS) is 14.1. The molecular formula is C33H54N4O. The summed E-state index contributed by atoms with van der Waals surface area (Å²) in [6.45, 7) is 14.9. The highest BCUT2D eigenvalue weighted by Gasteiger charge is 2.22. The molecule has 1 rings (SSSR count). The number of methoxy groups -OCH3 is 1. The first kappa shape index (κ1) is 33.7. The van der Waals surface area contributed by atoms with Crippen molar-refractivity contribution < 1.29 is 4.74 Å². The van der Waals surface area contributed by atoms with Crippen LogP contribution in [0.25, 0.3) is 0 Å². The van der Waals surface area contributed by atoms with Crippen molar-refractivity contribution in [3.05, 3.63) is 59.4 Å². The van der Waals surface area contributed by atoms with Crippen LogP contribution in [0.4, 0.5) is 0 Å². The van der Waals surface area contributed by atoms with Gasteiger partial charge in [0, 0.05) is 37.3 Å². The molecule has 0 saturated carbocycles. The Hall–Kier alpha value is -2.37. The van der Waals surface area contributed by atoms with Gasteiger partial charge in [-0.3, -0.25) is 15.0 Å². The maximum Gasteiger partial charge on any atom is 0.0830 e. The van der Waals surface area contributed by atoms with Crippen molar-refractivity contribution in [3.63, 3.8) is 0 Å². The van der Waals surface area contributed by atoms with Gasteiger partial charge in [-0.2, -0.15) is 0 Å². The fourth-order valence-corrected chi connectivity index (χ4v) is 4.75. The first-order valence-corrected chi connectivity index (χ1v) is 14.5. The van der Waals surface area contributed by atoms with Crippen molar-refractivity contribution in [2.75, 3.05) is 33.9 Å². The first-order chi connectivity index (χ1) is 18.4. The van der Waals surface area contributed by atoms with Crippen LogP contribution >= 0.6 is 0 Å². The number of hydrogen-bond donors (Lipinski definition) is 1. The number of rotatable bonds is 21. The van der Waals surface area contributed by atoms with Gasteiger partial charge in [0.15, 0.2) is 0 Å². The highest BCUT2D eigenvalue weighted by molar-refractivity contribution is 5.99. The van der Waals surface area contributed by atoms with Gasteiger partial charge in [0.1, 0.15) is 0 Å². The Bertz CT molecular complexity index is 898. The average molecular weight is 523 g/mol. The summed E-state index contributed by atoms with van der Waals surface area (Å²) in [4.78, 5) is 13.6. The maximum absolute atomic E-state index is 5.19. The summed E-state index contributed by atoms with van der Waals surface area (Å²) >= 11 is 0. The molecule has 212 valence electrons. The largest absolute Gasteiger partial charge is 0.385 e. The second-order valence-corrected chi connectivity index (χ2v) is 10.7. The summed E-state index contributed by atoms with van der Waals surface area (Å²) in [5.41, 5.74) is 4.88. The number of allylic oxidation sites excluding steroid dienone is 2. The first-order valence-electron chi connectivity index (χ1n) is 14.5. The van der Waals surface area contributed by atoms with Crippen molar-refractivity contribution in [2.24, 2.45) is 26.3 Å². The quantitative estimate of drug-likeness (QED) is 0.133. The summed E-state index contributed by atoms with van der Waals surface area (Å²) in [5.74, 6) is 0.629. The van der Waals surface area contributed by atoms with Crippen molar-refractivity contribution in [2.45, 2.75) is 85.5 Å². The van der Waals surface area contributed by atoms with E-state index in [0.29, 0.717) is 12.5 Å². The molecule has 0 radical (unpaired) electrons. The van der Waals surface area contributed by atoms with Crippen molar-refractivity contribution in [1.29, 1.82) is 0 Å². The lowest BCUT2D eigenvalue weighted by atomic mass is 9.82. The van der Waals surface area contributed by atoms with Crippen LogP contribution in [-0.4, -0.2) is 52.5 Å². The summed E-state index contributed by atoms with van der Waals surface area (Å²) < 4.78 is 5.19. The van der Waals surface area contributed by atoms with Crippen LogP contribution < -0.4 is 5.32 Å². The zero-order valence-electron chi connectivity index (χ0n) is 25.1. The van der Waals surface area contributed by atoms with E-state index in [1.807, 2.05) is 20.2 Å². The number of unbranched alkanes of at least 4 members (excludes halogenated alkanes) is 2. The smallest absolute Gasteiger partial charge is 0.0830 e. The molecule has 1 aromatic carbocycles. The van der Waals surface area contributed by atoms with E-state index in [0.717, 1.165) is 69.5 Å². The lowest BCUT2D eigenvalue weighted by Crippen LogP contribution is -2.23. The predicted molar refractivity (Wildman–Crippen MR) is 168 cm³/mol. The molecule has 0 amide bonds. The van der Waals surface area contributed by atoms with Gasteiger partial charge >= 0.3 is 0 Å².